The summed E-state index contributed by atoms with van der Waals surface area (Å²) >= 11 is 0. The Balaban J connectivity index is 1.94. The van der Waals surface area contributed by atoms with Crippen molar-refractivity contribution in [1.82, 2.24) is 9.80 Å². The van der Waals surface area contributed by atoms with E-state index in [0.29, 0.717) is 46.7 Å². The molecule has 1 aliphatic heterocycles. The highest BCUT2D eigenvalue weighted by atomic mass is 16.5. The van der Waals surface area contributed by atoms with Gasteiger partial charge in [0.15, 0.2) is 5.43 Å². The molecule has 3 aromatic rings. The number of fused-ring (bicyclic) bond motifs is 2. The van der Waals surface area contributed by atoms with Gasteiger partial charge in [0.25, 0.3) is 5.91 Å². The fourth-order valence-corrected chi connectivity index (χ4v) is 4.53. The van der Waals surface area contributed by atoms with Crippen molar-refractivity contribution in [3.8, 4) is 11.5 Å². The third-order valence-corrected chi connectivity index (χ3v) is 6.40. The van der Waals surface area contributed by atoms with Gasteiger partial charge in [-0.05, 0) is 50.3 Å². The molecule has 0 saturated heterocycles. The Labute approximate surface area is 193 Å². The third kappa shape index (κ3) is 3.97. The predicted octanol–water partition coefficient (Wildman–Crippen LogP) is 4.01. The molecule has 0 radical (unpaired) electrons. The molecule has 0 aliphatic carbocycles. The maximum absolute atomic E-state index is 13.7. The van der Waals surface area contributed by atoms with Gasteiger partial charge in [0.1, 0.15) is 17.1 Å². The van der Waals surface area contributed by atoms with Gasteiger partial charge in [-0.25, -0.2) is 0 Å². The Morgan fingerprint density at radius 3 is 2.45 bits per heavy atom. The Hall–Kier alpha value is -3.32. The molecule has 7 heteroatoms. The van der Waals surface area contributed by atoms with Crippen LogP contribution in [0.4, 0.5) is 0 Å². The van der Waals surface area contributed by atoms with Gasteiger partial charge in [-0.1, -0.05) is 25.5 Å². The minimum Gasteiger partial charge on any atom is -0.497 e. The van der Waals surface area contributed by atoms with Gasteiger partial charge in [0.2, 0.25) is 5.76 Å². The largest absolute Gasteiger partial charge is 0.497 e. The van der Waals surface area contributed by atoms with Crippen LogP contribution in [0.5, 0.6) is 11.5 Å². The lowest BCUT2D eigenvalue weighted by Crippen LogP contribution is -2.38. The molecule has 2 aromatic carbocycles. The Morgan fingerprint density at radius 1 is 1.03 bits per heavy atom. The zero-order valence-corrected chi connectivity index (χ0v) is 19.8. The Morgan fingerprint density at radius 2 is 1.79 bits per heavy atom. The summed E-state index contributed by atoms with van der Waals surface area (Å²) in [5, 5.41) is 0.471. The first-order valence-corrected chi connectivity index (χ1v) is 11.3. The average molecular weight is 451 g/mol. The Bertz CT molecular complexity index is 1250. The number of amides is 1. The second kappa shape index (κ2) is 9.27. The van der Waals surface area contributed by atoms with Gasteiger partial charge < -0.3 is 23.7 Å². The van der Waals surface area contributed by atoms with Crippen LogP contribution in [0, 0.1) is 6.92 Å². The van der Waals surface area contributed by atoms with Gasteiger partial charge >= 0.3 is 0 Å². The number of nitrogens with zero attached hydrogens (tertiary/aromatic N) is 2. The summed E-state index contributed by atoms with van der Waals surface area (Å²) in [4.78, 5) is 31.3. The first-order chi connectivity index (χ1) is 15.9. The third-order valence-electron chi connectivity index (χ3n) is 6.40. The van der Waals surface area contributed by atoms with Gasteiger partial charge in [0, 0.05) is 18.7 Å². The van der Waals surface area contributed by atoms with E-state index in [2.05, 4.69) is 18.7 Å². The monoisotopic (exact) mass is 450 g/mol. The highest BCUT2D eigenvalue weighted by Crippen LogP contribution is 2.42. The van der Waals surface area contributed by atoms with Gasteiger partial charge in [-0.2, -0.15) is 0 Å². The van der Waals surface area contributed by atoms with E-state index in [-0.39, 0.29) is 17.1 Å². The highest BCUT2D eigenvalue weighted by Gasteiger charge is 2.44. The summed E-state index contributed by atoms with van der Waals surface area (Å²) in [6.07, 6.45) is 0. The van der Waals surface area contributed by atoms with Gasteiger partial charge in [-0.3, -0.25) is 9.59 Å². The van der Waals surface area contributed by atoms with Crippen LogP contribution in [0.15, 0.2) is 45.6 Å². The molecule has 4 rings (SSSR count). The van der Waals surface area contributed by atoms with Crippen LogP contribution in [-0.2, 0) is 0 Å². The maximum Gasteiger partial charge on any atom is 0.290 e. The molecule has 0 spiro atoms. The molecule has 1 aliphatic rings. The first-order valence-electron chi connectivity index (χ1n) is 11.3. The minimum atomic E-state index is -0.630. The standard InChI is InChI=1S/C26H30N2O5/c1-6-27(7-2)12-13-28-23(18-15-17(31-4)9-11-20(18)32-5)22-24(29)19-14-16(3)8-10-21(19)33-25(22)26(28)30/h8-11,14-15,23H,6-7,12-13H2,1-5H3. The number of benzene rings is 2. The molecule has 1 aromatic heterocycles. The van der Waals surface area contributed by atoms with Crippen molar-refractivity contribution >= 4 is 16.9 Å². The van der Waals surface area contributed by atoms with Crippen LogP contribution in [0.3, 0.4) is 0 Å². The zero-order valence-electron chi connectivity index (χ0n) is 19.8. The van der Waals surface area contributed by atoms with E-state index in [4.69, 9.17) is 13.9 Å². The highest BCUT2D eigenvalue weighted by molar-refractivity contribution is 5.99. The fraction of sp³-hybridized carbons (Fsp3) is 0.385. The van der Waals surface area contributed by atoms with E-state index >= 15 is 0 Å². The van der Waals surface area contributed by atoms with Gasteiger partial charge in [-0.15, -0.1) is 0 Å². The summed E-state index contributed by atoms with van der Waals surface area (Å²) in [6.45, 7) is 8.99. The van der Waals surface area contributed by atoms with E-state index in [1.54, 1.807) is 37.3 Å². The van der Waals surface area contributed by atoms with Crippen LogP contribution in [0.25, 0.3) is 11.0 Å². The SMILES string of the molecule is CCN(CC)CCN1C(=O)c2oc3ccc(C)cc3c(=O)c2C1c1cc(OC)ccc1OC. The normalized spacial score (nSPS) is 15.4. The fourth-order valence-electron chi connectivity index (χ4n) is 4.53. The molecule has 0 bridgehead atoms. The smallest absolute Gasteiger partial charge is 0.290 e. The summed E-state index contributed by atoms with van der Waals surface area (Å²) in [7, 11) is 3.16. The second-order valence-electron chi connectivity index (χ2n) is 8.21. The van der Waals surface area contributed by atoms with Crippen molar-refractivity contribution in [3.05, 3.63) is 69.1 Å². The van der Waals surface area contributed by atoms with Crippen molar-refractivity contribution in [2.75, 3.05) is 40.4 Å². The quantitative estimate of drug-likeness (QED) is 0.517. The number of methoxy groups -OCH3 is 2. The van der Waals surface area contributed by atoms with Crippen molar-refractivity contribution in [2.24, 2.45) is 0 Å². The lowest BCUT2D eigenvalue weighted by molar-refractivity contribution is 0.0706. The van der Waals surface area contributed by atoms with Crippen molar-refractivity contribution in [2.45, 2.75) is 26.8 Å². The molecule has 0 fully saturated rings. The molecule has 1 amide bonds. The summed E-state index contributed by atoms with van der Waals surface area (Å²) < 4.78 is 17.1. The average Bonchev–Trinajstić information content (AvgIpc) is 3.11. The molecule has 174 valence electrons. The summed E-state index contributed by atoms with van der Waals surface area (Å²) in [5.41, 5.74) is 2.23. The molecule has 7 nitrogen and oxygen atoms in total. The topological polar surface area (TPSA) is 72.2 Å². The lowest BCUT2D eigenvalue weighted by atomic mass is 9.97. The molecule has 2 heterocycles. The molecule has 1 unspecified atom stereocenters. The number of hydrogen-bond donors (Lipinski definition) is 0. The maximum atomic E-state index is 13.7. The number of carbonyl (C=O) groups excluding carboxylic acids is 1. The number of aryl methyl sites for hydroxylation is 1. The number of likely N-dealkylation sites (N-methyl/N-ethyl adjacent to an activating group) is 1. The summed E-state index contributed by atoms with van der Waals surface area (Å²) in [6, 6.07) is 10.2. The Kier molecular flexibility index (Phi) is 6.42. The molecular weight excluding hydrogens is 420 g/mol. The number of hydrogen-bond acceptors (Lipinski definition) is 6. The number of carbonyl (C=O) groups is 1. The lowest BCUT2D eigenvalue weighted by Gasteiger charge is -2.29. The van der Waals surface area contributed by atoms with Crippen LogP contribution in [0.1, 0.15) is 47.1 Å². The minimum absolute atomic E-state index is 0.103. The molecule has 0 saturated carbocycles. The number of ether oxygens (including phenoxy) is 2. The van der Waals surface area contributed by atoms with E-state index in [1.165, 1.54) is 0 Å². The van der Waals surface area contributed by atoms with Crippen molar-refractivity contribution in [1.29, 1.82) is 0 Å². The second-order valence-corrected chi connectivity index (χ2v) is 8.21. The van der Waals surface area contributed by atoms with E-state index in [0.717, 1.165) is 18.7 Å². The van der Waals surface area contributed by atoms with Crippen molar-refractivity contribution in [3.63, 3.8) is 0 Å². The number of rotatable bonds is 8. The summed E-state index contributed by atoms with van der Waals surface area (Å²) in [5.74, 6) is 1.02. The van der Waals surface area contributed by atoms with Crippen LogP contribution in [-0.4, -0.2) is 56.1 Å². The first kappa shape index (κ1) is 22.9. The van der Waals surface area contributed by atoms with Crippen LogP contribution >= 0.6 is 0 Å². The van der Waals surface area contributed by atoms with Crippen LogP contribution < -0.4 is 14.9 Å². The predicted molar refractivity (Wildman–Crippen MR) is 127 cm³/mol. The van der Waals surface area contributed by atoms with E-state index < -0.39 is 6.04 Å². The van der Waals surface area contributed by atoms with E-state index in [1.807, 2.05) is 25.1 Å². The van der Waals surface area contributed by atoms with Crippen molar-refractivity contribution < 1.29 is 18.7 Å². The van der Waals surface area contributed by atoms with Crippen LogP contribution in [0.2, 0.25) is 0 Å². The zero-order chi connectivity index (χ0) is 23.7. The van der Waals surface area contributed by atoms with Gasteiger partial charge in [0.05, 0.1) is 31.2 Å². The molecule has 0 N–H and O–H groups in total. The van der Waals surface area contributed by atoms with E-state index in [9.17, 15) is 9.59 Å². The molecule has 33 heavy (non-hydrogen) atoms. The molecular formula is C26H30N2O5. The molecule has 1 atom stereocenters.